The minimum Gasteiger partial charge on any atom is -0.383 e. The normalized spacial score (nSPS) is 10.8. The third kappa shape index (κ3) is 3.06. The molecule has 0 radical (unpaired) electrons. The molecule has 1 N–H and O–H groups in total. The Morgan fingerprint density at radius 2 is 2.24 bits per heavy atom. The van der Waals surface area contributed by atoms with Gasteiger partial charge in [-0.1, -0.05) is 15.9 Å². The molecule has 17 heavy (non-hydrogen) atoms. The lowest BCUT2D eigenvalue weighted by Crippen LogP contribution is -2.09. The van der Waals surface area contributed by atoms with Crippen LogP contribution in [0.15, 0.2) is 22.7 Å². The van der Waals surface area contributed by atoms with Gasteiger partial charge < -0.3 is 10.1 Å². The Bertz CT molecular complexity index is 530. The van der Waals surface area contributed by atoms with Crippen LogP contribution in [-0.4, -0.2) is 30.2 Å². The predicted molar refractivity (Wildman–Crippen MR) is 72.6 cm³/mol. The van der Waals surface area contributed by atoms with Crippen molar-refractivity contribution in [3.05, 3.63) is 28.0 Å². The van der Waals surface area contributed by atoms with Gasteiger partial charge in [0.1, 0.15) is 5.82 Å². The van der Waals surface area contributed by atoms with Crippen molar-refractivity contribution in [1.82, 2.24) is 9.97 Å². The number of benzene rings is 1. The van der Waals surface area contributed by atoms with Crippen molar-refractivity contribution >= 4 is 44.3 Å². The average molecular weight is 317 g/mol. The molecule has 0 aliphatic carbocycles. The van der Waals surface area contributed by atoms with Crippen molar-refractivity contribution < 1.29 is 4.74 Å². The minimum atomic E-state index is 0.232. The summed E-state index contributed by atoms with van der Waals surface area (Å²) >= 11 is 9.28. The Morgan fingerprint density at radius 3 is 3.00 bits per heavy atom. The highest BCUT2D eigenvalue weighted by Gasteiger charge is 2.06. The van der Waals surface area contributed by atoms with E-state index in [9.17, 15) is 0 Å². The summed E-state index contributed by atoms with van der Waals surface area (Å²) in [4.78, 5) is 8.35. The second-order valence-corrected chi connectivity index (χ2v) is 4.68. The number of fused-ring (bicyclic) bond motifs is 1. The Morgan fingerprint density at radius 1 is 1.41 bits per heavy atom. The highest BCUT2D eigenvalue weighted by Crippen LogP contribution is 2.24. The van der Waals surface area contributed by atoms with Gasteiger partial charge in [0.05, 0.1) is 12.1 Å². The first-order valence-electron chi connectivity index (χ1n) is 5.06. The van der Waals surface area contributed by atoms with Crippen LogP contribution in [0.1, 0.15) is 0 Å². The molecule has 1 aromatic carbocycles. The van der Waals surface area contributed by atoms with Crippen LogP contribution in [0.2, 0.25) is 5.28 Å². The number of halogens is 2. The maximum Gasteiger partial charge on any atom is 0.224 e. The number of hydrogen-bond donors (Lipinski definition) is 1. The van der Waals surface area contributed by atoms with Crippen molar-refractivity contribution in [2.24, 2.45) is 0 Å². The molecule has 0 unspecified atom stereocenters. The van der Waals surface area contributed by atoms with E-state index in [0.29, 0.717) is 13.2 Å². The van der Waals surface area contributed by atoms with Crippen LogP contribution in [0.25, 0.3) is 10.9 Å². The highest BCUT2D eigenvalue weighted by atomic mass is 79.9. The number of ether oxygens (including phenoxy) is 1. The summed E-state index contributed by atoms with van der Waals surface area (Å²) in [5.74, 6) is 0.726. The number of methoxy groups -OCH3 is 1. The monoisotopic (exact) mass is 315 g/mol. The lowest BCUT2D eigenvalue weighted by Gasteiger charge is -2.08. The highest BCUT2D eigenvalue weighted by molar-refractivity contribution is 9.10. The summed E-state index contributed by atoms with van der Waals surface area (Å²) in [6.45, 7) is 1.29. The molecule has 0 amide bonds. The number of anilines is 1. The largest absolute Gasteiger partial charge is 0.383 e. The predicted octanol–water partition coefficient (Wildman–Crippen LogP) is 3.10. The van der Waals surface area contributed by atoms with E-state index < -0.39 is 0 Å². The zero-order valence-corrected chi connectivity index (χ0v) is 11.5. The van der Waals surface area contributed by atoms with Gasteiger partial charge in [0, 0.05) is 23.5 Å². The Kier molecular flexibility index (Phi) is 4.15. The average Bonchev–Trinajstić information content (AvgIpc) is 2.28. The zero-order valence-electron chi connectivity index (χ0n) is 9.20. The van der Waals surface area contributed by atoms with Crippen molar-refractivity contribution in [2.75, 3.05) is 25.6 Å². The molecule has 0 fully saturated rings. The van der Waals surface area contributed by atoms with Crippen LogP contribution >= 0.6 is 27.5 Å². The summed E-state index contributed by atoms with van der Waals surface area (Å²) in [5, 5.41) is 4.34. The van der Waals surface area contributed by atoms with E-state index in [1.807, 2.05) is 18.2 Å². The van der Waals surface area contributed by atoms with Gasteiger partial charge in [0.15, 0.2) is 0 Å². The second-order valence-electron chi connectivity index (χ2n) is 3.42. The maximum atomic E-state index is 5.88. The maximum absolute atomic E-state index is 5.88. The van der Waals surface area contributed by atoms with Gasteiger partial charge in [0.2, 0.25) is 5.28 Å². The van der Waals surface area contributed by atoms with Crippen LogP contribution in [0.5, 0.6) is 0 Å². The fraction of sp³-hybridized carbons (Fsp3) is 0.273. The minimum absolute atomic E-state index is 0.232. The molecular formula is C11H11BrClN3O. The van der Waals surface area contributed by atoms with Gasteiger partial charge in [-0.05, 0) is 29.8 Å². The van der Waals surface area contributed by atoms with Gasteiger partial charge in [-0.15, -0.1) is 0 Å². The molecule has 1 aromatic heterocycles. The molecule has 1 heterocycles. The quantitative estimate of drug-likeness (QED) is 0.695. The molecule has 0 saturated carbocycles. The van der Waals surface area contributed by atoms with Gasteiger partial charge in [0.25, 0.3) is 0 Å². The molecule has 90 valence electrons. The van der Waals surface area contributed by atoms with E-state index in [2.05, 4.69) is 31.2 Å². The fourth-order valence-electron chi connectivity index (χ4n) is 1.48. The smallest absolute Gasteiger partial charge is 0.224 e. The van der Waals surface area contributed by atoms with Gasteiger partial charge in [-0.3, -0.25) is 0 Å². The number of nitrogens with zero attached hydrogens (tertiary/aromatic N) is 2. The third-order valence-corrected chi connectivity index (χ3v) is 2.89. The van der Waals surface area contributed by atoms with E-state index in [1.165, 1.54) is 0 Å². The lowest BCUT2D eigenvalue weighted by atomic mass is 10.2. The zero-order chi connectivity index (χ0) is 12.3. The molecule has 0 saturated heterocycles. The van der Waals surface area contributed by atoms with E-state index in [-0.39, 0.29) is 5.28 Å². The number of hydrogen-bond acceptors (Lipinski definition) is 4. The van der Waals surface area contributed by atoms with Crippen LogP contribution in [0, 0.1) is 0 Å². The number of aromatic nitrogens is 2. The fourth-order valence-corrected chi connectivity index (χ4v) is 2.01. The Labute approximate surface area is 112 Å². The van der Waals surface area contributed by atoms with Crippen LogP contribution in [-0.2, 0) is 4.74 Å². The Balaban J connectivity index is 2.39. The molecule has 2 aromatic rings. The molecule has 0 aliphatic rings. The van der Waals surface area contributed by atoms with E-state index >= 15 is 0 Å². The van der Waals surface area contributed by atoms with E-state index in [1.54, 1.807) is 7.11 Å². The summed E-state index contributed by atoms with van der Waals surface area (Å²) < 4.78 is 5.94. The SMILES string of the molecule is COCCNc1nc(Cl)nc2cc(Br)ccc12. The molecule has 4 nitrogen and oxygen atoms in total. The molecule has 0 atom stereocenters. The first-order chi connectivity index (χ1) is 8.20. The van der Waals surface area contributed by atoms with Gasteiger partial charge in [-0.2, -0.15) is 0 Å². The summed E-state index contributed by atoms with van der Waals surface area (Å²) in [6, 6.07) is 5.80. The van der Waals surface area contributed by atoms with Crippen LogP contribution in [0.4, 0.5) is 5.82 Å². The third-order valence-electron chi connectivity index (χ3n) is 2.23. The van der Waals surface area contributed by atoms with Gasteiger partial charge in [-0.25, -0.2) is 9.97 Å². The molecule has 0 spiro atoms. The van der Waals surface area contributed by atoms with Crippen molar-refractivity contribution in [3.8, 4) is 0 Å². The van der Waals surface area contributed by atoms with Crippen molar-refractivity contribution in [2.45, 2.75) is 0 Å². The lowest BCUT2D eigenvalue weighted by molar-refractivity contribution is 0.210. The van der Waals surface area contributed by atoms with Crippen molar-refractivity contribution in [3.63, 3.8) is 0 Å². The second kappa shape index (κ2) is 5.62. The molecule has 6 heteroatoms. The summed E-state index contributed by atoms with van der Waals surface area (Å²) in [5.41, 5.74) is 0.805. The molecular weight excluding hydrogens is 305 g/mol. The molecule has 2 rings (SSSR count). The summed E-state index contributed by atoms with van der Waals surface area (Å²) in [7, 11) is 1.66. The van der Waals surface area contributed by atoms with E-state index in [4.69, 9.17) is 16.3 Å². The van der Waals surface area contributed by atoms with Crippen molar-refractivity contribution in [1.29, 1.82) is 0 Å². The Hall–Kier alpha value is -0.910. The molecule has 0 bridgehead atoms. The summed E-state index contributed by atoms with van der Waals surface area (Å²) in [6.07, 6.45) is 0. The topological polar surface area (TPSA) is 47.0 Å². The first-order valence-corrected chi connectivity index (χ1v) is 6.23. The van der Waals surface area contributed by atoms with Crippen LogP contribution < -0.4 is 5.32 Å². The van der Waals surface area contributed by atoms with E-state index in [0.717, 1.165) is 21.2 Å². The van der Waals surface area contributed by atoms with Crippen LogP contribution in [0.3, 0.4) is 0 Å². The molecule has 0 aliphatic heterocycles. The first kappa shape index (κ1) is 12.5. The standard InChI is InChI=1S/C11H11BrClN3O/c1-17-5-4-14-10-8-3-2-7(12)6-9(8)15-11(13)16-10/h2-3,6H,4-5H2,1H3,(H,14,15,16). The van der Waals surface area contributed by atoms with Gasteiger partial charge >= 0.3 is 0 Å². The number of rotatable bonds is 4. The number of nitrogens with one attached hydrogen (secondary N) is 1.